The lowest BCUT2D eigenvalue weighted by atomic mass is 10.1. The van der Waals surface area contributed by atoms with Crippen LogP contribution in [0, 0.1) is 0 Å². The number of amidine groups is 1. The van der Waals surface area contributed by atoms with Crippen LogP contribution in [0.2, 0.25) is 5.02 Å². The van der Waals surface area contributed by atoms with Crippen molar-refractivity contribution in [3.8, 4) is 5.75 Å². The second kappa shape index (κ2) is 12.9. The second-order valence-electron chi connectivity index (χ2n) is 9.26. The van der Waals surface area contributed by atoms with Crippen molar-refractivity contribution in [2.45, 2.75) is 33.3 Å². The van der Waals surface area contributed by atoms with Gasteiger partial charge in [-0.15, -0.1) is 0 Å². The van der Waals surface area contributed by atoms with Gasteiger partial charge in [-0.1, -0.05) is 74.0 Å². The summed E-state index contributed by atoms with van der Waals surface area (Å²) in [5, 5.41) is 1.30. The molecule has 4 aromatic rings. The predicted octanol–water partition coefficient (Wildman–Crippen LogP) is 9.61. The van der Waals surface area contributed by atoms with Gasteiger partial charge in [0.2, 0.25) is 0 Å². The molecular weight excluding hydrogens is 604 g/mol. The maximum Gasteiger partial charge on any atom is 0.271 e. The Labute approximate surface area is 252 Å². The van der Waals surface area contributed by atoms with Crippen LogP contribution in [0.25, 0.3) is 6.08 Å². The van der Waals surface area contributed by atoms with Gasteiger partial charge in [0.15, 0.2) is 5.17 Å². The van der Waals surface area contributed by atoms with E-state index in [-0.39, 0.29) is 5.91 Å². The lowest BCUT2D eigenvalue weighted by Gasteiger charge is -2.16. The fourth-order valence-electron chi connectivity index (χ4n) is 4.22. The van der Waals surface area contributed by atoms with Gasteiger partial charge in [-0.05, 0) is 106 Å². The van der Waals surface area contributed by atoms with E-state index in [0.717, 1.165) is 39.8 Å². The Hall–Kier alpha value is -3.32. The molecule has 0 radical (unpaired) electrons. The van der Waals surface area contributed by atoms with E-state index in [4.69, 9.17) is 21.3 Å². The monoisotopic (exact) mass is 630 g/mol. The normalized spacial score (nSPS) is 15.3. The molecule has 0 aromatic heterocycles. The summed E-state index contributed by atoms with van der Waals surface area (Å²) in [6.07, 6.45) is 3.80. The molecule has 0 spiro atoms. The number of aliphatic imine (C=N–C) groups is 1. The van der Waals surface area contributed by atoms with Gasteiger partial charge in [0.25, 0.3) is 5.91 Å². The first kappa shape index (κ1) is 28.2. The first-order valence-corrected chi connectivity index (χ1v) is 15.1. The summed E-state index contributed by atoms with van der Waals surface area (Å²) in [6, 6.07) is 29.6. The number of anilines is 1. The molecule has 7 heteroatoms. The van der Waals surface area contributed by atoms with Crippen molar-refractivity contribution < 1.29 is 9.53 Å². The largest absolute Gasteiger partial charge is 0.488 e. The van der Waals surface area contributed by atoms with Crippen LogP contribution in [0.4, 0.5) is 11.4 Å². The number of ether oxygens (including phenoxy) is 1. The average molecular weight is 632 g/mol. The molecule has 0 N–H and O–H groups in total. The van der Waals surface area contributed by atoms with Crippen LogP contribution in [0.5, 0.6) is 5.75 Å². The maximum atomic E-state index is 13.7. The van der Waals surface area contributed by atoms with Gasteiger partial charge >= 0.3 is 0 Å². The summed E-state index contributed by atoms with van der Waals surface area (Å²) in [5.41, 5.74) is 5.87. The van der Waals surface area contributed by atoms with Gasteiger partial charge in [0, 0.05) is 10.6 Å². The molecule has 0 saturated carbocycles. The Morgan fingerprint density at radius 1 is 0.925 bits per heavy atom. The van der Waals surface area contributed by atoms with Gasteiger partial charge in [-0.3, -0.25) is 9.69 Å². The van der Waals surface area contributed by atoms with Gasteiger partial charge in [0.05, 0.1) is 20.8 Å². The smallest absolute Gasteiger partial charge is 0.271 e. The molecule has 5 rings (SSSR count). The van der Waals surface area contributed by atoms with Gasteiger partial charge in [-0.2, -0.15) is 0 Å². The van der Waals surface area contributed by atoms with Crippen LogP contribution in [-0.2, 0) is 24.2 Å². The molecule has 1 heterocycles. The third-order valence-corrected chi connectivity index (χ3v) is 8.53. The highest BCUT2D eigenvalue weighted by Gasteiger charge is 2.34. The predicted molar refractivity (Wildman–Crippen MR) is 172 cm³/mol. The van der Waals surface area contributed by atoms with E-state index in [0.29, 0.717) is 27.5 Å². The van der Waals surface area contributed by atoms with E-state index >= 15 is 0 Å². The summed E-state index contributed by atoms with van der Waals surface area (Å²) in [7, 11) is 0. The summed E-state index contributed by atoms with van der Waals surface area (Å²) in [4.78, 5) is 20.9. The number of thioether (sulfide) groups is 1. The summed E-state index contributed by atoms with van der Waals surface area (Å²) >= 11 is 11.3. The van der Waals surface area contributed by atoms with Gasteiger partial charge in [-0.25, -0.2) is 4.99 Å². The molecule has 0 bridgehead atoms. The minimum absolute atomic E-state index is 0.103. The highest BCUT2D eigenvalue weighted by Crippen LogP contribution is 2.38. The lowest BCUT2D eigenvalue weighted by Crippen LogP contribution is -2.28. The van der Waals surface area contributed by atoms with Crippen molar-refractivity contribution >= 4 is 67.8 Å². The summed E-state index contributed by atoms with van der Waals surface area (Å²) in [5.74, 6) is 0.594. The Morgan fingerprint density at radius 3 is 2.25 bits per heavy atom. The Kier molecular flexibility index (Phi) is 9.10. The first-order valence-electron chi connectivity index (χ1n) is 13.1. The quantitative estimate of drug-likeness (QED) is 0.182. The van der Waals surface area contributed by atoms with Crippen LogP contribution in [0.3, 0.4) is 0 Å². The van der Waals surface area contributed by atoms with E-state index in [2.05, 4.69) is 54.0 Å². The van der Waals surface area contributed by atoms with Crippen molar-refractivity contribution in [1.82, 2.24) is 0 Å². The highest BCUT2D eigenvalue weighted by molar-refractivity contribution is 9.10. The zero-order valence-electron chi connectivity index (χ0n) is 22.2. The summed E-state index contributed by atoms with van der Waals surface area (Å²) in [6.45, 7) is 4.60. The third-order valence-electron chi connectivity index (χ3n) is 6.57. The van der Waals surface area contributed by atoms with Crippen LogP contribution < -0.4 is 9.64 Å². The maximum absolute atomic E-state index is 13.7. The van der Waals surface area contributed by atoms with E-state index in [1.807, 2.05) is 72.8 Å². The number of aryl methyl sites for hydroxylation is 2. The molecule has 202 valence electrons. The fourth-order valence-corrected chi connectivity index (χ4v) is 5.92. The number of amides is 1. The minimum atomic E-state index is -0.103. The van der Waals surface area contributed by atoms with Crippen LogP contribution in [-0.4, -0.2) is 11.1 Å². The molecule has 0 aliphatic carbocycles. The van der Waals surface area contributed by atoms with E-state index in [1.54, 1.807) is 4.90 Å². The van der Waals surface area contributed by atoms with Crippen molar-refractivity contribution in [3.63, 3.8) is 0 Å². The number of benzene rings is 4. The van der Waals surface area contributed by atoms with E-state index in [1.165, 1.54) is 22.9 Å². The number of halogens is 2. The van der Waals surface area contributed by atoms with Crippen molar-refractivity contribution in [1.29, 1.82) is 0 Å². The molecule has 1 saturated heterocycles. The lowest BCUT2D eigenvalue weighted by molar-refractivity contribution is -0.113. The van der Waals surface area contributed by atoms with E-state index in [9.17, 15) is 4.79 Å². The zero-order chi connectivity index (χ0) is 28.1. The molecule has 40 heavy (non-hydrogen) atoms. The highest BCUT2D eigenvalue weighted by atomic mass is 79.9. The average Bonchev–Trinajstić information content (AvgIpc) is 3.27. The standard InChI is InChI=1S/C33H28BrClN2O2S/c1-3-22-9-14-26(15-10-22)36-33-37(27-16-11-23(4-2)12-17-27)32(38)31(40-33)20-24-13-18-30(28(34)19-24)39-21-25-7-5-6-8-29(25)35/h5-20H,3-4,21H2,1-2H3/b31-20-,36-33?. The number of carbonyl (C=O) groups is 1. The minimum Gasteiger partial charge on any atom is -0.488 e. The fraction of sp³-hybridized carbons (Fsp3) is 0.152. The van der Waals surface area contributed by atoms with Gasteiger partial charge < -0.3 is 4.74 Å². The number of nitrogens with zero attached hydrogens (tertiary/aromatic N) is 2. The molecule has 0 atom stereocenters. The van der Waals surface area contributed by atoms with Crippen molar-refractivity contribution in [2.75, 3.05) is 4.90 Å². The molecule has 4 nitrogen and oxygen atoms in total. The van der Waals surface area contributed by atoms with Crippen molar-refractivity contribution in [2.24, 2.45) is 4.99 Å². The molecule has 1 aliphatic heterocycles. The topological polar surface area (TPSA) is 41.9 Å². The Morgan fingerprint density at radius 2 is 1.60 bits per heavy atom. The van der Waals surface area contributed by atoms with Crippen LogP contribution in [0.1, 0.15) is 36.1 Å². The van der Waals surface area contributed by atoms with Crippen molar-refractivity contribution in [3.05, 3.63) is 128 Å². The van der Waals surface area contributed by atoms with Gasteiger partial charge in [0.1, 0.15) is 12.4 Å². The Bertz CT molecular complexity index is 1580. The molecular formula is C33H28BrClN2O2S. The zero-order valence-corrected chi connectivity index (χ0v) is 25.4. The number of rotatable bonds is 8. The van der Waals surface area contributed by atoms with Crippen LogP contribution >= 0.6 is 39.3 Å². The molecule has 1 amide bonds. The van der Waals surface area contributed by atoms with E-state index < -0.39 is 0 Å². The SMILES string of the molecule is CCc1ccc(N=C2S/C(=C\c3ccc(OCc4ccccc4Cl)c(Br)c3)C(=O)N2c2ccc(CC)cc2)cc1. The number of hydrogen-bond acceptors (Lipinski definition) is 4. The summed E-state index contributed by atoms with van der Waals surface area (Å²) < 4.78 is 6.78. The number of carbonyl (C=O) groups excluding carboxylic acids is 1. The Balaban J connectivity index is 1.42. The molecule has 4 aromatic carbocycles. The molecule has 1 fully saturated rings. The van der Waals surface area contributed by atoms with Crippen LogP contribution in [0.15, 0.2) is 105 Å². The molecule has 1 aliphatic rings. The first-order chi connectivity index (χ1) is 19.4. The third kappa shape index (κ3) is 6.52. The number of hydrogen-bond donors (Lipinski definition) is 0. The second-order valence-corrected chi connectivity index (χ2v) is 11.5. The molecule has 0 unspecified atom stereocenters.